The van der Waals surface area contributed by atoms with Crippen molar-refractivity contribution in [3.63, 3.8) is 0 Å². The summed E-state index contributed by atoms with van der Waals surface area (Å²) in [6.07, 6.45) is 5.62. The zero-order valence-electron chi connectivity index (χ0n) is 21.0. The molecule has 2 aliphatic heterocycles. The minimum absolute atomic E-state index is 0.129. The Bertz CT molecular complexity index is 1470. The number of carbonyl (C=O) groups excluding carboxylic acids is 3. The largest absolute Gasteiger partial charge is 0.282 e. The van der Waals surface area contributed by atoms with Gasteiger partial charge in [0.25, 0.3) is 17.7 Å². The number of aryl methyl sites for hydroxylation is 1. The first kappa shape index (κ1) is 25.3. The van der Waals surface area contributed by atoms with Gasteiger partial charge in [-0.2, -0.15) is 20.2 Å². The maximum absolute atomic E-state index is 13.9. The summed E-state index contributed by atoms with van der Waals surface area (Å²) in [6.45, 7) is 3.85. The van der Waals surface area contributed by atoms with Crippen LogP contribution in [0.3, 0.4) is 0 Å². The predicted octanol–water partition coefficient (Wildman–Crippen LogP) is 5.83. The number of anilines is 1. The van der Waals surface area contributed by atoms with Gasteiger partial charge in [-0.1, -0.05) is 59.6 Å². The molecule has 0 saturated carbocycles. The number of fused-ring (bicyclic) bond motifs is 1. The summed E-state index contributed by atoms with van der Waals surface area (Å²) in [6, 6.07) is 21.7. The van der Waals surface area contributed by atoms with Gasteiger partial charge >= 0.3 is 0 Å². The Kier molecular flexibility index (Phi) is 6.78. The minimum Gasteiger partial charge on any atom is -0.271 e. The Morgan fingerprint density at radius 3 is 2.16 bits per heavy atom. The molecule has 3 aromatic rings. The van der Waals surface area contributed by atoms with Crippen molar-refractivity contribution in [1.82, 2.24) is 5.01 Å². The lowest BCUT2D eigenvalue weighted by Gasteiger charge is -2.27. The first-order chi connectivity index (χ1) is 18.3. The van der Waals surface area contributed by atoms with Crippen LogP contribution in [-0.2, 0) is 11.2 Å². The molecule has 0 saturated heterocycles. The van der Waals surface area contributed by atoms with Gasteiger partial charge in [-0.15, -0.1) is 0 Å². The number of carbonyl (C=O) groups is 3. The number of rotatable bonds is 7. The van der Waals surface area contributed by atoms with E-state index in [0.717, 1.165) is 16.1 Å². The summed E-state index contributed by atoms with van der Waals surface area (Å²) >= 11 is 6.08. The smallest absolute Gasteiger partial charge is 0.271 e. The molecule has 0 bridgehead atoms. The minimum atomic E-state index is -0.918. The highest BCUT2D eigenvalue weighted by molar-refractivity contribution is 6.30. The lowest BCUT2D eigenvalue weighted by molar-refractivity contribution is -0.123. The van der Waals surface area contributed by atoms with Crippen LogP contribution in [0.4, 0.5) is 5.69 Å². The summed E-state index contributed by atoms with van der Waals surface area (Å²) in [4.78, 5) is 39.0. The van der Waals surface area contributed by atoms with Gasteiger partial charge in [0.2, 0.25) is 0 Å². The van der Waals surface area contributed by atoms with Crippen LogP contribution in [0.2, 0.25) is 5.02 Å². The summed E-state index contributed by atoms with van der Waals surface area (Å²) in [7, 11) is 0. The van der Waals surface area contributed by atoms with Gasteiger partial charge in [0.05, 0.1) is 27.9 Å². The van der Waals surface area contributed by atoms with Crippen molar-refractivity contribution in [3.8, 4) is 0 Å². The third kappa shape index (κ3) is 4.57. The molecule has 0 radical (unpaired) electrons. The molecule has 0 spiro atoms. The van der Waals surface area contributed by atoms with Gasteiger partial charge in [-0.05, 0) is 74.7 Å². The van der Waals surface area contributed by atoms with Crippen molar-refractivity contribution in [2.45, 2.75) is 26.7 Å². The van der Waals surface area contributed by atoms with Gasteiger partial charge in [0.1, 0.15) is 0 Å². The van der Waals surface area contributed by atoms with Crippen LogP contribution in [-0.4, -0.2) is 34.7 Å². The predicted molar refractivity (Wildman–Crippen MR) is 149 cm³/mol. The monoisotopic (exact) mass is 524 g/mol. The number of allylic oxidation sites excluding steroid dienone is 2. The molecule has 0 aliphatic carbocycles. The van der Waals surface area contributed by atoms with E-state index in [2.05, 4.69) is 10.2 Å². The van der Waals surface area contributed by atoms with E-state index in [0.29, 0.717) is 40.4 Å². The molecule has 2 aliphatic rings. The Hall–Kier alpha value is -4.36. The van der Waals surface area contributed by atoms with Gasteiger partial charge < -0.3 is 0 Å². The van der Waals surface area contributed by atoms with E-state index in [1.54, 1.807) is 42.5 Å². The average molecular weight is 525 g/mol. The van der Waals surface area contributed by atoms with Gasteiger partial charge in [0, 0.05) is 11.2 Å². The standard InChI is InChI=1S/C30H25ClN4O3/c1-20-9-15-24(16-10-20)34-29(38)30(21(2)33-34,19-22-11-13-23(31)14-12-22)17-5-6-18-32-35-27(36)25-7-3-4-8-26(25)28(35)37/h3-16,18H,17,19H2,1-2H3/b6-5+,32-18+/t30-/m1/s1. The average Bonchev–Trinajstić information content (AvgIpc) is 3.31. The number of hydrogen-bond donors (Lipinski definition) is 0. The lowest BCUT2D eigenvalue weighted by Crippen LogP contribution is -2.40. The van der Waals surface area contributed by atoms with E-state index in [9.17, 15) is 14.4 Å². The van der Waals surface area contributed by atoms with Crippen LogP contribution in [0.1, 0.15) is 45.2 Å². The van der Waals surface area contributed by atoms with E-state index in [1.165, 1.54) is 11.2 Å². The molecule has 7 nitrogen and oxygen atoms in total. The van der Waals surface area contributed by atoms with Gasteiger partial charge in [-0.25, -0.2) is 0 Å². The second-order valence-corrected chi connectivity index (χ2v) is 9.82. The SMILES string of the molecule is CC1=NN(c2ccc(C)cc2)C(=O)[C@]1(C/C=C/C=N/N1C(=O)c2ccccc2C1=O)Cc1ccc(Cl)cc1. The fourth-order valence-electron chi connectivity index (χ4n) is 4.69. The van der Waals surface area contributed by atoms with Crippen molar-refractivity contribution >= 4 is 46.9 Å². The third-order valence-corrected chi connectivity index (χ3v) is 7.14. The molecule has 2 heterocycles. The van der Waals surface area contributed by atoms with Crippen molar-refractivity contribution in [2.75, 3.05) is 5.01 Å². The molecular formula is C30H25ClN4O3. The van der Waals surface area contributed by atoms with Crippen LogP contribution in [0.15, 0.2) is 95.2 Å². The van der Waals surface area contributed by atoms with E-state index >= 15 is 0 Å². The first-order valence-electron chi connectivity index (χ1n) is 12.2. The fraction of sp³-hybridized carbons (Fsp3) is 0.167. The Balaban J connectivity index is 1.38. The molecule has 38 heavy (non-hydrogen) atoms. The lowest BCUT2D eigenvalue weighted by atomic mass is 9.74. The zero-order valence-corrected chi connectivity index (χ0v) is 21.7. The van der Waals surface area contributed by atoms with Crippen LogP contribution in [0.25, 0.3) is 0 Å². The number of amides is 3. The molecule has 0 fully saturated rings. The van der Waals surface area contributed by atoms with E-state index in [4.69, 9.17) is 11.6 Å². The molecule has 0 aromatic heterocycles. The molecule has 5 rings (SSSR count). The highest BCUT2D eigenvalue weighted by Crippen LogP contribution is 2.39. The van der Waals surface area contributed by atoms with Crippen molar-refractivity contribution in [2.24, 2.45) is 15.6 Å². The fourth-order valence-corrected chi connectivity index (χ4v) is 4.81. The summed E-state index contributed by atoms with van der Waals surface area (Å²) in [5.41, 5.74) is 3.19. The van der Waals surface area contributed by atoms with Crippen LogP contribution >= 0.6 is 11.6 Å². The Morgan fingerprint density at radius 1 is 0.895 bits per heavy atom. The summed E-state index contributed by atoms with van der Waals surface area (Å²) in [5, 5.41) is 11.7. The number of hydrazone groups is 2. The number of imide groups is 1. The molecule has 8 heteroatoms. The maximum Gasteiger partial charge on any atom is 0.282 e. The number of halogens is 1. The highest BCUT2D eigenvalue weighted by Gasteiger charge is 2.48. The van der Waals surface area contributed by atoms with Crippen LogP contribution in [0, 0.1) is 12.3 Å². The maximum atomic E-state index is 13.9. The van der Waals surface area contributed by atoms with E-state index in [1.807, 2.05) is 56.3 Å². The molecular weight excluding hydrogens is 500 g/mol. The quantitative estimate of drug-likeness (QED) is 0.288. The second kappa shape index (κ2) is 10.2. The summed E-state index contributed by atoms with van der Waals surface area (Å²) in [5.74, 6) is -1.05. The van der Waals surface area contributed by atoms with Gasteiger partial charge in [-0.3, -0.25) is 14.4 Å². The molecule has 3 amide bonds. The first-order valence-corrected chi connectivity index (χ1v) is 12.6. The number of hydrogen-bond acceptors (Lipinski definition) is 5. The molecule has 190 valence electrons. The number of nitrogens with zero attached hydrogens (tertiary/aromatic N) is 4. The molecule has 0 unspecified atom stereocenters. The molecule has 0 N–H and O–H groups in total. The van der Waals surface area contributed by atoms with Crippen molar-refractivity contribution in [1.29, 1.82) is 0 Å². The van der Waals surface area contributed by atoms with Crippen molar-refractivity contribution in [3.05, 3.63) is 112 Å². The topological polar surface area (TPSA) is 82.4 Å². The second-order valence-electron chi connectivity index (χ2n) is 9.39. The Morgan fingerprint density at radius 2 is 1.53 bits per heavy atom. The third-order valence-electron chi connectivity index (χ3n) is 6.89. The normalized spacial score (nSPS) is 19.2. The zero-order chi connectivity index (χ0) is 26.9. The van der Waals surface area contributed by atoms with Gasteiger partial charge in [0.15, 0.2) is 0 Å². The highest BCUT2D eigenvalue weighted by atomic mass is 35.5. The molecule has 1 atom stereocenters. The van der Waals surface area contributed by atoms with Crippen molar-refractivity contribution < 1.29 is 14.4 Å². The molecule has 3 aromatic carbocycles. The summed E-state index contributed by atoms with van der Waals surface area (Å²) < 4.78 is 0. The van der Waals surface area contributed by atoms with Crippen LogP contribution in [0.5, 0.6) is 0 Å². The van der Waals surface area contributed by atoms with E-state index in [-0.39, 0.29) is 5.91 Å². The number of benzene rings is 3. The van der Waals surface area contributed by atoms with E-state index < -0.39 is 17.2 Å². The Labute approximate surface area is 225 Å². The van der Waals surface area contributed by atoms with Crippen LogP contribution < -0.4 is 5.01 Å².